The molecular weight excluding hydrogens is 414 g/mol. The number of hydrogen-bond donors (Lipinski definition) is 0. The number of rotatable bonds is 4. The van der Waals surface area contributed by atoms with Crippen molar-refractivity contribution in [1.29, 1.82) is 0 Å². The normalized spacial score (nSPS) is 15.4. The minimum Gasteiger partial charge on any atom is -0.497 e. The Morgan fingerprint density at radius 3 is 2.52 bits per heavy atom. The van der Waals surface area contributed by atoms with E-state index in [4.69, 9.17) is 20.8 Å². The molecule has 0 aliphatic carbocycles. The highest BCUT2D eigenvalue weighted by Crippen LogP contribution is 2.39. The number of carbonyl (C=O) groups excluding carboxylic acids is 1. The van der Waals surface area contributed by atoms with Gasteiger partial charge in [0.2, 0.25) is 5.76 Å². The first-order valence-corrected chi connectivity index (χ1v) is 10.2. The van der Waals surface area contributed by atoms with Crippen LogP contribution in [-0.4, -0.2) is 17.9 Å². The summed E-state index contributed by atoms with van der Waals surface area (Å²) in [5.74, 6) is 0.495. The van der Waals surface area contributed by atoms with E-state index in [1.165, 1.54) is 0 Å². The molecule has 1 amide bonds. The van der Waals surface area contributed by atoms with Crippen LogP contribution in [0.3, 0.4) is 0 Å². The van der Waals surface area contributed by atoms with Crippen molar-refractivity contribution >= 4 is 28.5 Å². The number of carbonyl (C=O) groups is 1. The molecule has 6 heteroatoms. The average Bonchev–Trinajstić information content (AvgIpc) is 3.06. The smallest absolute Gasteiger partial charge is 0.291 e. The number of benzene rings is 3. The van der Waals surface area contributed by atoms with Gasteiger partial charge in [0.15, 0.2) is 5.43 Å². The number of para-hydroxylation sites is 1. The van der Waals surface area contributed by atoms with E-state index in [1.807, 2.05) is 36.4 Å². The predicted molar refractivity (Wildman–Crippen MR) is 119 cm³/mol. The molecule has 154 valence electrons. The van der Waals surface area contributed by atoms with Gasteiger partial charge in [-0.15, -0.1) is 0 Å². The zero-order chi connectivity index (χ0) is 21.5. The number of amides is 1. The molecule has 5 rings (SSSR count). The van der Waals surface area contributed by atoms with E-state index in [-0.39, 0.29) is 17.1 Å². The highest BCUT2D eigenvalue weighted by Gasteiger charge is 2.42. The molecule has 5 nitrogen and oxygen atoms in total. The maximum absolute atomic E-state index is 13.4. The number of ether oxygens (including phenoxy) is 1. The SMILES string of the molecule is COc1ccc(CN2C(=O)c3oc4ccccc4c(=O)c3C2c2cccc(Cl)c2)cc1. The van der Waals surface area contributed by atoms with Gasteiger partial charge in [0.05, 0.1) is 24.1 Å². The second-order valence-corrected chi connectivity index (χ2v) is 7.85. The van der Waals surface area contributed by atoms with Crippen LogP contribution in [0, 0.1) is 0 Å². The van der Waals surface area contributed by atoms with Crippen molar-refractivity contribution < 1.29 is 13.9 Å². The standard InChI is InChI=1S/C25H18ClNO4/c1-30-18-11-9-15(10-12-18)14-27-22(16-5-4-6-17(26)13-16)21-23(28)19-7-2-3-8-20(19)31-24(21)25(27)29/h2-13,22H,14H2,1H3. The lowest BCUT2D eigenvalue weighted by atomic mass is 9.98. The summed E-state index contributed by atoms with van der Waals surface area (Å²) in [6.45, 7) is 0.306. The van der Waals surface area contributed by atoms with Crippen molar-refractivity contribution in [2.75, 3.05) is 7.11 Å². The van der Waals surface area contributed by atoms with Gasteiger partial charge in [-0.25, -0.2) is 0 Å². The molecule has 1 aromatic heterocycles. The van der Waals surface area contributed by atoms with Crippen LogP contribution in [0.4, 0.5) is 0 Å². The zero-order valence-corrected chi connectivity index (χ0v) is 17.4. The Hall–Kier alpha value is -3.57. The van der Waals surface area contributed by atoms with E-state index in [2.05, 4.69) is 0 Å². The molecule has 1 aliphatic heterocycles. The number of halogens is 1. The molecule has 0 spiro atoms. The summed E-state index contributed by atoms with van der Waals surface area (Å²) in [7, 11) is 1.60. The first-order valence-electron chi connectivity index (χ1n) is 9.82. The minimum absolute atomic E-state index is 0.0854. The van der Waals surface area contributed by atoms with Gasteiger partial charge in [0.1, 0.15) is 11.3 Å². The van der Waals surface area contributed by atoms with Crippen LogP contribution in [0.2, 0.25) is 5.02 Å². The molecule has 0 bridgehead atoms. The van der Waals surface area contributed by atoms with Gasteiger partial charge in [0, 0.05) is 11.6 Å². The van der Waals surface area contributed by atoms with Crippen LogP contribution in [-0.2, 0) is 6.54 Å². The van der Waals surface area contributed by atoms with Crippen molar-refractivity contribution in [3.63, 3.8) is 0 Å². The second-order valence-electron chi connectivity index (χ2n) is 7.41. The van der Waals surface area contributed by atoms with Gasteiger partial charge in [-0.3, -0.25) is 9.59 Å². The molecule has 31 heavy (non-hydrogen) atoms. The van der Waals surface area contributed by atoms with E-state index in [9.17, 15) is 9.59 Å². The Labute approximate surface area is 183 Å². The first-order chi connectivity index (χ1) is 15.1. The Morgan fingerprint density at radius 1 is 1.00 bits per heavy atom. The maximum Gasteiger partial charge on any atom is 0.291 e. The predicted octanol–water partition coefficient (Wildman–Crippen LogP) is 5.20. The Bertz CT molecular complexity index is 1360. The topological polar surface area (TPSA) is 59.8 Å². The van der Waals surface area contributed by atoms with Crippen molar-refractivity contribution in [1.82, 2.24) is 4.90 Å². The van der Waals surface area contributed by atoms with Gasteiger partial charge >= 0.3 is 0 Å². The number of fused-ring (bicyclic) bond motifs is 2. The Kier molecular flexibility index (Phi) is 4.75. The van der Waals surface area contributed by atoms with Crippen LogP contribution >= 0.6 is 11.6 Å². The van der Waals surface area contributed by atoms with Crippen LogP contribution < -0.4 is 10.2 Å². The zero-order valence-electron chi connectivity index (χ0n) is 16.7. The minimum atomic E-state index is -0.593. The molecule has 4 aromatic rings. The second kappa shape index (κ2) is 7.60. The lowest BCUT2D eigenvalue weighted by Crippen LogP contribution is -2.29. The largest absolute Gasteiger partial charge is 0.497 e. The average molecular weight is 432 g/mol. The summed E-state index contributed by atoms with van der Waals surface area (Å²) >= 11 is 6.24. The van der Waals surface area contributed by atoms with Gasteiger partial charge in [-0.05, 0) is 47.5 Å². The van der Waals surface area contributed by atoms with Gasteiger partial charge in [0.25, 0.3) is 5.91 Å². The molecule has 1 unspecified atom stereocenters. The summed E-state index contributed by atoms with van der Waals surface area (Å²) < 4.78 is 11.2. The first kappa shape index (κ1) is 19.4. The summed E-state index contributed by atoms with van der Waals surface area (Å²) in [6.07, 6.45) is 0. The molecule has 3 aromatic carbocycles. The van der Waals surface area contributed by atoms with Gasteiger partial charge < -0.3 is 14.1 Å². The number of methoxy groups -OCH3 is 1. The van der Waals surface area contributed by atoms with Crippen molar-refractivity contribution in [2.24, 2.45) is 0 Å². The molecule has 0 N–H and O–H groups in total. The molecular formula is C25H18ClNO4. The summed E-state index contributed by atoms with van der Waals surface area (Å²) in [6, 6.07) is 21.1. The maximum atomic E-state index is 13.4. The third-order valence-corrected chi connectivity index (χ3v) is 5.78. The third-order valence-electron chi connectivity index (χ3n) is 5.55. The van der Waals surface area contributed by atoms with Gasteiger partial charge in [-0.2, -0.15) is 0 Å². The summed E-state index contributed by atoms with van der Waals surface area (Å²) in [5, 5.41) is 0.986. The van der Waals surface area contributed by atoms with E-state index >= 15 is 0 Å². The lowest BCUT2D eigenvalue weighted by molar-refractivity contribution is 0.0714. The molecule has 2 heterocycles. The van der Waals surface area contributed by atoms with Crippen LogP contribution in [0.15, 0.2) is 82.0 Å². The third kappa shape index (κ3) is 3.27. The molecule has 0 radical (unpaired) electrons. The summed E-state index contributed by atoms with van der Waals surface area (Å²) in [4.78, 5) is 28.5. The number of hydrogen-bond acceptors (Lipinski definition) is 4. The van der Waals surface area contributed by atoms with Crippen molar-refractivity contribution in [3.05, 3.63) is 110 Å². The molecule has 0 saturated carbocycles. The highest BCUT2D eigenvalue weighted by atomic mass is 35.5. The Balaban J connectivity index is 1.69. The monoisotopic (exact) mass is 431 g/mol. The van der Waals surface area contributed by atoms with E-state index in [1.54, 1.807) is 48.4 Å². The van der Waals surface area contributed by atoms with Crippen LogP contribution in [0.25, 0.3) is 11.0 Å². The van der Waals surface area contributed by atoms with Crippen molar-refractivity contribution in [2.45, 2.75) is 12.6 Å². The quantitative estimate of drug-likeness (QED) is 0.445. The Morgan fingerprint density at radius 2 is 1.77 bits per heavy atom. The summed E-state index contributed by atoms with van der Waals surface area (Å²) in [5.41, 5.74) is 2.21. The molecule has 1 aliphatic rings. The highest BCUT2D eigenvalue weighted by molar-refractivity contribution is 6.30. The van der Waals surface area contributed by atoms with Gasteiger partial charge in [-0.1, -0.05) is 48.0 Å². The lowest BCUT2D eigenvalue weighted by Gasteiger charge is -2.25. The van der Waals surface area contributed by atoms with E-state index in [0.717, 1.165) is 16.9 Å². The number of nitrogens with zero attached hydrogens (tertiary/aromatic N) is 1. The molecule has 1 atom stereocenters. The van der Waals surface area contributed by atoms with Crippen molar-refractivity contribution in [3.8, 4) is 5.75 Å². The van der Waals surface area contributed by atoms with Crippen LogP contribution in [0.5, 0.6) is 5.75 Å². The molecule has 0 fully saturated rings. The van der Waals surface area contributed by atoms with E-state index < -0.39 is 6.04 Å². The molecule has 0 saturated heterocycles. The fourth-order valence-corrected chi connectivity index (χ4v) is 4.28. The fraction of sp³-hybridized carbons (Fsp3) is 0.120. The van der Waals surface area contributed by atoms with Crippen LogP contribution in [0.1, 0.15) is 33.3 Å². The van der Waals surface area contributed by atoms with E-state index in [0.29, 0.717) is 28.1 Å². The fourth-order valence-electron chi connectivity index (χ4n) is 4.08.